The maximum absolute atomic E-state index is 12.0. The summed E-state index contributed by atoms with van der Waals surface area (Å²) in [4.78, 5) is 12.0. The minimum Gasteiger partial charge on any atom is -0.462 e. The second kappa shape index (κ2) is 7.39. The molecule has 0 unspecified atom stereocenters. The number of hydrogen-bond donors (Lipinski definition) is 0. The van der Waals surface area contributed by atoms with E-state index in [9.17, 15) is 4.79 Å². The summed E-state index contributed by atoms with van der Waals surface area (Å²) in [5.41, 5.74) is 4.38. The summed E-state index contributed by atoms with van der Waals surface area (Å²) in [5.74, 6) is 0.0235. The van der Waals surface area contributed by atoms with Crippen LogP contribution in [-0.4, -0.2) is 17.1 Å². The van der Waals surface area contributed by atoms with Gasteiger partial charge in [0.25, 0.3) is 0 Å². The van der Waals surface area contributed by atoms with Crippen LogP contribution in [0.3, 0.4) is 0 Å². The van der Waals surface area contributed by atoms with Gasteiger partial charge in [-0.3, -0.25) is 0 Å². The Balaban J connectivity index is 2.06. The third kappa shape index (κ3) is 3.66. The molecule has 3 aromatic rings. The SMILES string of the molecule is CC(C)COC(=O)/C=C/c1c(-c2ccccc2)n(C)c2ccccc12. The van der Waals surface area contributed by atoms with Crippen LogP contribution in [-0.2, 0) is 16.6 Å². The molecule has 0 radical (unpaired) electrons. The Bertz CT molecular complexity index is 904. The average molecular weight is 333 g/mol. The number of rotatable bonds is 5. The minimum atomic E-state index is -0.305. The summed E-state index contributed by atoms with van der Waals surface area (Å²) in [6, 6.07) is 18.5. The van der Waals surface area contributed by atoms with E-state index in [2.05, 4.69) is 35.9 Å². The molecule has 25 heavy (non-hydrogen) atoms. The fourth-order valence-electron chi connectivity index (χ4n) is 2.98. The number of carbonyl (C=O) groups excluding carboxylic acids is 1. The Hall–Kier alpha value is -2.81. The van der Waals surface area contributed by atoms with Crippen molar-refractivity contribution >= 4 is 22.9 Å². The first-order valence-corrected chi connectivity index (χ1v) is 8.55. The maximum atomic E-state index is 12.0. The van der Waals surface area contributed by atoms with Gasteiger partial charge in [-0.05, 0) is 23.6 Å². The Morgan fingerprint density at radius 3 is 2.48 bits per heavy atom. The largest absolute Gasteiger partial charge is 0.462 e. The van der Waals surface area contributed by atoms with E-state index in [1.165, 1.54) is 6.08 Å². The van der Waals surface area contributed by atoms with Gasteiger partial charge in [-0.1, -0.05) is 62.4 Å². The van der Waals surface area contributed by atoms with Gasteiger partial charge < -0.3 is 9.30 Å². The van der Waals surface area contributed by atoms with Crippen LogP contribution in [0.2, 0.25) is 0 Å². The van der Waals surface area contributed by atoms with Gasteiger partial charge in [0.15, 0.2) is 0 Å². The van der Waals surface area contributed by atoms with Crippen molar-refractivity contribution < 1.29 is 9.53 Å². The Morgan fingerprint density at radius 2 is 1.76 bits per heavy atom. The number of aryl methyl sites for hydroxylation is 1. The van der Waals surface area contributed by atoms with Crippen molar-refractivity contribution in [2.45, 2.75) is 13.8 Å². The molecule has 0 aliphatic heterocycles. The fourth-order valence-corrected chi connectivity index (χ4v) is 2.98. The van der Waals surface area contributed by atoms with Crippen molar-refractivity contribution in [2.75, 3.05) is 6.61 Å². The van der Waals surface area contributed by atoms with Gasteiger partial charge in [-0.2, -0.15) is 0 Å². The Labute approximate surface area is 148 Å². The van der Waals surface area contributed by atoms with Crippen LogP contribution in [0, 0.1) is 5.92 Å². The third-order valence-electron chi connectivity index (χ3n) is 4.14. The highest BCUT2D eigenvalue weighted by Crippen LogP contribution is 2.33. The summed E-state index contributed by atoms with van der Waals surface area (Å²) in [5, 5.41) is 1.12. The first-order chi connectivity index (χ1) is 12.1. The molecule has 2 aromatic carbocycles. The molecule has 128 valence electrons. The number of esters is 1. The summed E-state index contributed by atoms with van der Waals surface area (Å²) in [7, 11) is 2.05. The molecule has 0 N–H and O–H groups in total. The molecule has 3 heteroatoms. The molecule has 0 amide bonds. The van der Waals surface area contributed by atoms with Gasteiger partial charge in [-0.15, -0.1) is 0 Å². The average Bonchev–Trinajstić information content (AvgIpc) is 2.91. The lowest BCUT2D eigenvalue weighted by Crippen LogP contribution is -2.07. The zero-order chi connectivity index (χ0) is 17.8. The predicted molar refractivity (Wildman–Crippen MR) is 103 cm³/mol. The van der Waals surface area contributed by atoms with Gasteiger partial charge in [0, 0.05) is 29.6 Å². The number of benzene rings is 2. The monoisotopic (exact) mass is 333 g/mol. The third-order valence-corrected chi connectivity index (χ3v) is 4.14. The predicted octanol–water partition coefficient (Wildman–Crippen LogP) is 5.06. The van der Waals surface area contributed by atoms with Crippen LogP contribution < -0.4 is 0 Å². The quantitative estimate of drug-likeness (QED) is 0.483. The maximum Gasteiger partial charge on any atom is 0.330 e. The van der Waals surface area contributed by atoms with Crippen molar-refractivity contribution in [1.29, 1.82) is 0 Å². The molecule has 0 aliphatic carbocycles. The molecule has 0 saturated carbocycles. The number of carbonyl (C=O) groups is 1. The molecule has 0 atom stereocenters. The topological polar surface area (TPSA) is 31.2 Å². The molecule has 0 aliphatic rings. The number of fused-ring (bicyclic) bond motifs is 1. The van der Waals surface area contributed by atoms with Crippen molar-refractivity contribution in [1.82, 2.24) is 4.57 Å². The molecular formula is C22H23NO2. The van der Waals surface area contributed by atoms with Crippen molar-refractivity contribution in [3.8, 4) is 11.3 Å². The van der Waals surface area contributed by atoms with Gasteiger partial charge in [-0.25, -0.2) is 4.79 Å². The lowest BCUT2D eigenvalue weighted by molar-refractivity contribution is -0.138. The van der Waals surface area contributed by atoms with Crippen LogP contribution in [0.1, 0.15) is 19.4 Å². The summed E-state index contributed by atoms with van der Waals surface area (Å²) in [6.07, 6.45) is 3.39. The first kappa shape index (κ1) is 17.0. The number of hydrogen-bond acceptors (Lipinski definition) is 2. The van der Waals surface area contributed by atoms with Crippen LogP contribution in [0.25, 0.3) is 28.2 Å². The molecular weight excluding hydrogens is 310 g/mol. The van der Waals surface area contributed by atoms with Crippen molar-refractivity contribution in [3.05, 3.63) is 66.2 Å². The number of nitrogens with zero attached hydrogens (tertiary/aromatic N) is 1. The van der Waals surface area contributed by atoms with Gasteiger partial charge in [0.1, 0.15) is 0 Å². The lowest BCUT2D eigenvalue weighted by Gasteiger charge is -2.06. The van der Waals surface area contributed by atoms with Crippen LogP contribution in [0.5, 0.6) is 0 Å². The minimum absolute atomic E-state index is 0.305. The second-order valence-electron chi connectivity index (χ2n) is 6.56. The standard InChI is InChI=1S/C22H23NO2/c1-16(2)15-25-21(24)14-13-19-18-11-7-8-12-20(18)23(3)22(19)17-9-5-4-6-10-17/h4-14,16H,15H2,1-3H3/b14-13+. The van der Waals surface area contributed by atoms with Gasteiger partial charge in [0.2, 0.25) is 0 Å². The second-order valence-corrected chi connectivity index (χ2v) is 6.56. The molecule has 1 aromatic heterocycles. The normalized spacial score (nSPS) is 11.5. The zero-order valence-corrected chi connectivity index (χ0v) is 14.9. The van der Waals surface area contributed by atoms with Crippen molar-refractivity contribution in [2.24, 2.45) is 13.0 Å². The highest BCUT2D eigenvalue weighted by atomic mass is 16.5. The molecule has 0 saturated heterocycles. The number of ether oxygens (including phenoxy) is 1. The smallest absolute Gasteiger partial charge is 0.330 e. The molecule has 0 bridgehead atoms. The summed E-state index contributed by atoms with van der Waals surface area (Å²) >= 11 is 0. The highest BCUT2D eigenvalue weighted by Gasteiger charge is 2.14. The molecule has 0 spiro atoms. The van der Waals surface area contributed by atoms with E-state index in [0.29, 0.717) is 12.5 Å². The summed E-state index contributed by atoms with van der Waals surface area (Å²) in [6.45, 7) is 4.48. The van der Waals surface area contributed by atoms with E-state index in [0.717, 1.165) is 27.7 Å². The highest BCUT2D eigenvalue weighted by molar-refractivity contribution is 6.00. The molecule has 3 rings (SSSR count). The van der Waals surface area contributed by atoms with E-state index >= 15 is 0 Å². The Morgan fingerprint density at radius 1 is 1.08 bits per heavy atom. The first-order valence-electron chi connectivity index (χ1n) is 8.55. The van der Waals surface area contributed by atoms with Crippen molar-refractivity contribution in [3.63, 3.8) is 0 Å². The van der Waals surface area contributed by atoms with Crippen LogP contribution in [0.15, 0.2) is 60.7 Å². The van der Waals surface area contributed by atoms with E-state index in [-0.39, 0.29) is 5.97 Å². The number of para-hydroxylation sites is 1. The molecule has 1 heterocycles. The van der Waals surface area contributed by atoms with Crippen LogP contribution in [0.4, 0.5) is 0 Å². The van der Waals surface area contributed by atoms with E-state index in [1.807, 2.05) is 50.3 Å². The van der Waals surface area contributed by atoms with Gasteiger partial charge in [0.05, 0.1) is 12.3 Å². The Kier molecular flexibility index (Phi) is 5.03. The number of aromatic nitrogens is 1. The zero-order valence-electron chi connectivity index (χ0n) is 14.9. The van der Waals surface area contributed by atoms with E-state index in [4.69, 9.17) is 4.74 Å². The van der Waals surface area contributed by atoms with Gasteiger partial charge >= 0.3 is 5.97 Å². The van der Waals surface area contributed by atoms with E-state index in [1.54, 1.807) is 0 Å². The fraction of sp³-hybridized carbons (Fsp3) is 0.227. The molecule has 0 fully saturated rings. The van der Waals surface area contributed by atoms with Crippen LogP contribution >= 0.6 is 0 Å². The van der Waals surface area contributed by atoms with E-state index < -0.39 is 0 Å². The summed E-state index contributed by atoms with van der Waals surface area (Å²) < 4.78 is 7.43. The molecule has 3 nitrogen and oxygen atoms in total. The lowest BCUT2D eigenvalue weighted by atomic mass is 10.0.